The maximum atomic E-state index is 14.2. The number of amides is 2. The zero-order chi connectivity index (χ0) is 23.5. The lowest BCUT2D eigenvalue weighted by Gasteiger charge is -2.34. The van der Waals surface area contributed by atoms with E-state index in [4.69, 9.17) is 4.42 Å². The molecule has 3 heterocycles. The average molecular weight is 443 g/mol. The Bertz CT molecular complexity index is 1400. The largest absolute Gasteiger partial charge is 0.450 e. The van der Waals surface area contributed by atoms with Crippen LogP contribution in [0.15, 0.2) is 58.3 Å². The van der Waals surface area contributed by atoms with Crippen molar-refractivity contribution < 1.29 is 14.0 Å². The van der Waals surface area contributed by atoms with Crippen molar-refractivity contribution in [2.75, 3.05) is 18.0 Å². The first-order chi connectivity index (χ1) is 15.9. The molecule has 1 spiro atoms. The van der Waals surface area contributed by atoms with E-state index in [2.05, 4.69) is 6.58 Å². The molecule has 2 amide bonds. The van der Waals surface area contributed by atoms with Crippen LogP contribution in [0.4, 0.5) is 5.69 Å². The standard InChI is InChI=1S/C27H26N2O4/c1-5-7-13-29-25(31)24-22(23(30)18-14-16(3)17(4)15-21(18)33-24)27(29)19-10-8-9-11-20(19)28(12-6-2)26(27)32/h6,8-11,14-15H,2,5,7,12-13H2,1,3-4H3/t27-/m1/s1. The topological polar surface area (TPSA) is 70.8 Å². The molecule has 168 valence electrons. The summed E-state index contributed by atoms with van der Waals surface area (Å²) in [6, 6.07) is 10.9. The third kappa shape index (κ3) is 2.64. The van der Waals surface area contributed by atoms with Crippen LogP contribution in [0.1, 0.15) is 52.6 Å². The van der Waals surface area contributed by atoms with Gasteiger partial charge in [0.25, 0.3) is 11.8 Å². The Hall–Kier alpha value is -3.67. The van der Waals surface area contributed by atoms with Crippen LogP contribution in [-0.2, 0) is 10.3 Å². The summed E-state index contributed by atoms with van der Waals surface area (Å²) < 4.78 is 6.11. The highest BCUT2D eigenvalue weighted by Crippen LogP contribution is 2.52. The molecule has 0 radical (unpaired) electrons. The second-order valence-corrected chi connectivity index (χ2v) is 8.81. The molecule has 6 nitrogen and oxygen atoms in total. The summed E-state index contributed by atoms with van der Waals surface area (Å²) in [7, 11) is 0. The highest BCUT2D eigenvalue weighted by atomic mass is 16.3. The Morgan fingerprint density at radius 3 is 2.55 bits per heavy atom. The molecule has 0 unspecified atom stereocenters. The fourth-order valence-electron chi connectivity index (χ4n) is 5.17. The third-order valence-corrected chi connectivity index (χ3v) is 6.90. The molecule has 0 aliphatic carbocycles. The van der Waals surface area contributed by atoms with Crippen LogP contribution in [0.2, 0.25) is 0 Å². The third-order valence-electron chi connectivity index (χ3n) is 6.90. The van der Waals surface area contributed by atoms with Crippen molar-refractivity contribution in [3.63, 3.8) is 0 Å². The number of carbonyl (C=O) groups excluding carboxylic acids is 2. The predicted molar refractivity (Wildman–Crippen MR) is 128 cm³/mol. The number of anilines is 1. The van der Waals surface area contributed by atoms with Gasteiger partial charge in [0.05, 0.1) is 16.6 Å². The van der Waals surface area contributed by atoms with Crippen LogP contribution in [-0.4, -0.2) is 29.8 Å². The molecule has 3 aromatic rings. The maximum Gasteiger partial charge on any atom is 0.291 e. The lowest BCUT2D eigenvalue weighted by molar-refractivity contribution is -0.126. The molecular weight excluding hydrogens is 416 g/mol. The van der Waals surface area contributed by atoms with Crippen molar-refractivity contribution in [1.82, 2.24) is 4.90 Å². The van der Waals surface area contributed by atoms with Crippen molar-refractivity contribution in [2.24, 2.45) is 0 Å². The monoisotopic (exact) mass is 442 g/mol. The fourth-order valence-corrected chi connectivity index (χ4v) is 5.17. The second-order valence-electron chi connectivity index (χ2n) is 8.81. The zero-order valence-corrected chi connectivity index (χ0v) is 19.1. The fraction of sp³-hybridized carbons (Fsp3) is 0.296. The van der Waals surface area contributed by atoms with E-state index in [-0.39, 0.29) is 29.2 Å². The minimum Gasteiger partial charge on any atom is -0.450 e. The van der Waals surface area contributed by atoms with Gasteiger partial charge < -0.3 is 14.2 Å². The van der Waals surface area contributed by atoms with Gasteiger partial charge in [0.1, 0.15) is 5.58 Å². The van der Waals surface area contributed by atoms with Gasteiger partial charge in [-0.25, -0.2) is 0 Å². The normalized spacial score (nSPS) is 19.0. The van der Waals surface area contributed by atoms with Gasteiger partial charge in [-0.3, -0.25) is 14.4 Å². The molecule has 2 aliphatic heterocycles. The number of unbranched alkanes of at least 4 members (excludes halogenated alkanes) is 1. The van der Waals surface area contributed by atoms with Crippen molar-refractivity contribution in [1.29, 1.82) is 0 Å². The smallest absolute Gasteiger partial charge is 0.291 e. The highest BCUT2D eigenvalue weighted by molar-refractivity contribution is 6.17. The van der Waals surface area contributed by atoms with Crippen LogP contribution in [0, 0.1) is 13.8 Å². The number of nitrogens with zero attached hydrogens (tertiary/aromatic N) is 2. The molecule has 0 saturated heterocycles. The van der Waals surface area contributed by atoms with Gasteiger partial charge in [0, 0.05) is 18.7 Å². The van der Waals surface area contributed by atoms with Gasteiger partial charge in [-0.15, -0.1) is 6.58 Å². The first kappa shape index (κ1) is 21.2. The van der Waals surface area contributed by atoms with Gasteiger partial charge >= 0.3 is 0 Å². The first-order valence-electron chi connectivity index (χ1n) is 11.3. The molecule has 2 aromatic carbocycles. The van der Waals surface area contributed by atoms with Crippen molar-refractivity contribution in [3.8, 4) is 0 Å². The van der Waals surface area contributed by atoms with Crippen molar-refractivity contribution in [2.45, 2.75) is 39.2 Å². The summed E-state index contributed by atoms with van der Waals surface area (Å²) in [6.45, 7) is 10.3. The number of rotatable bonds is 5. The second kappa shape index (κ2) is 7.44. The van der Waals surface area contributed by atoms with Crippen LogP contribution in [0.5, 0.6) is 0 Å². The maximum absolute atomic E-state index is 14.2. The molecule has 0 fully saturated rings. The van der Waals surface area contributed by atoms with E-state index < -0.39 is 11.4 Å². The average Bonchev–Trinajstić information content (AvgIpc) is 3.19. The number of aryl methyl sites for hydroxylation is 2. The van der Waals surface area contributed by atoms with Crippen molar-refractivity contribution in [3.05, 3.63) is 87.3 Å². The summed E-state index contributed by atoms with van der Waals surface area (Å²) in [4.78, 5) is 45.1. The Balaban J connectivity index is 1.91. The summed E-state index contributed by atoms with van der Waals surface area (Å²) in [5, 5.41) is 0.383. The number of para-hydroxylation sites is 1. The predicted octanol–water partition coefficient (Wildman–Crippen LogP) is 4.44. The molecule has 0 saturated carbocycles. The summed E-state index contributed by atoms with van der Waals surface area (Å²) >= 11 is 0. The molecule has 33 heavy (non-hydrogen) atoms. The minimum absolute atomic E-state index is 0.0320. The Kier molecular flexibility index (Phi) is 4.78. The molecule has 2 aliphatic rings. The van der Waals surface area contributed by atoms with Gasteiger partial charge in [-0.05, 0) is 49.6 Å². The first-order valence-corrected chi connectivity index (χ1v) is 11.3. The number of fused-ring (bicyclic) bond motifs is 5. The van der Waals surface area contributed by atoms with E-state index in [0.29, 0.717) is 35.2 Å². The Morgan fingerprint density at radius 1 is 1.09 bits per heavy atom. The molecule has 1 atom stereocenters. The summed E-state index contributed by atoms with van der Waals surface area (Å²) in [6.07, 6.45) is 3.19. The molecular formula is C27H26N2O4. The van der Waals surface area contributed by atoms with Gasteiger partial charge in [0.15, 0.2) is 11.0 Å². The molecule has 6 heteroatoms. The number of benzene rings is 2. The quantitative estimate of drug-likeness (QED) is 0.548. The van der Waals surface area contributed by atoms with Crippen LogP contribution in [0.3, 0.4) is 0 Å². The van der Waals surface area contributed by atoms with E-state index in [1.165, 1.54) is 0 Å². The lowest BCUT2D eigenvalue weighted by atomic mass is 9.83. The molecule has 0 N–H and O–H groups in total. The van der Waals surface area contributed by atoms with Gasteiger partial charge in [-0.1, -0.05) is 37.6 Å². The lowest BCUT2D eigenvalue weighted by Crippen LogP contribution is -2.53. The van der Waals surface area contributed by atoms with Crippen molar-refractivity contribution >= 4 is 28.5 Å². The van der Waals surface area contributed by atoms with E-state index in [1.54, 1.807) is 28.0 Å². The molecule has 1 aromatic heterocycles. The minimum atomic E-state index is -1.53. The highest BCUT2D eigenvalue weighted by Gasteiger charge is 2.64. The van der Waals surface area contributed by atoms with E-state index in [0.717, 1.165) is 17.5 Å². The molecule has 5 rings (SSSR count). The Morgan fingerprint density at radius 2 is 1.82 bits per heavy atom. The van der Waals surface area contributed by atoms with Gasteiger partial charge in [-0.2, -0.15) is 0 Å². The molecule has 0 bridgehead atoms. The van der Waals surface area contributed by atoms with E-state index in [9.17, 15) is 14.4 Å². The Labute approximate surface area is 192 Å². The number of hydrogen-bond acceptors (Lipinski definition) is 4. The number of carbonyl (C=O) groups is 2. The summed E-state index contributed by atoms with van der Waals surface area (Å²) in [5.41, 5.74) is 1.86. The van der Waals surface area contributed by atoms with Gasteiger partial charge in [0.2, 0.25) is 5.76 Å². The van der Waals surface area contributed by atoms with E-state index >= 15 is 0 Å². The van der Waals surface area contributed by atoms with Crippen LogP contribution in [0.25, 0.3) is 11.0 Å². The van der Waals surface area contributed by atoms with E-state index in [1.807, 2.05) is 45.0 Å². The summed E-state index contributed by atoms with van der Waals surface area (Å²) in [5.74, 6) is -0.767. The van der Waals surface area contributed by atoms with Crippen LogP contribution < -0.4 is 10.3 Å². The van der Waals surface area contributed by atoms with Crippen LogP contribution >= 0.6 is 0 Å². The zero-order valence-electron chi connectivity index (χ0n) is 19.1. The SMILES string of the molecule is C=CCN1C(=O)[C@@]2(c3ccccc31)c1c(oc3cc(C)c(C)cc3c1=O)C(=O)N2CCCC. The number of hydrogen-bond donors (Lipinski definition) is 0.